The van der Waals surface area contributed by atoms with Crippen molar-refractivity contribution in [3.05, 3.63) is 0 Å². The Kier molecular flexibility index (Phi) is 4.69. The highest BCUT2D eigenvalue weighted by Crippen LogP contribution is 2.18. The first kappa shape index (κ1) is 13.4. The van der Waals surface area contributed by atoms with E-state index in [1.165, 1.54) is 0 Å². The molecule has 1 aliphatic rings. The highest BCUT2D eigenvalue weighted by molar-refractivity contribution is 7.89. The van der Waals surface area contributed by atoms with Crippen LogP contribution in [0.3, 0.4) is 0 Å². The molecule has 0 radical (unpaired) electrons. The largest absolute Gasteiger partial charge is 0.341 e. The van der Waals surface area contributed by atoms with Crippen LogP contribution < -0.4 is 10.5 Å². The van der Waals surface area contributed by atoms with Gasteiger partial charge < -0.3 is 10.2 Å². The summed E-state index contributed by atoms with van der Waals surface area (Å²) >= 11 is 0. The van der Waals surface area contributed by atoms with Crippen molar-refractivity contribution in [1.82, 2.24) is 10.2 Å². The second-order valence-electron chi connectivity index (χ2n) is 4.09. The van der Waals surface area contributed by atoms with Gasteiger partial charge in [0.15, 0.2) is 0 Å². The zero-order chi connectivity index (χ0) is 12.2. The summed E-state index contributed by atoms with van der Waals surface area (Å²) < 4.78 is 21.8. The third kappa shape index (κ3) is 4.46. The van der Waals surface area contributed by atoms with Crippen molar-refractivity contribution in [2.24, 2.45) is 11.1 Å². The topological polar surface area (TPSA) is 92.5 Å². The summed E-state index contributed by atoms with van der Waals surface area (Å²) in [5.74, 6) is -0.230. The quantitative estimate of drug-likeness (QED) is 0.574. The summed E-state index contributed by atoms with van der Waals surface area (Å²) in [5, 5.41) is 8.08. The summed E-state index contributed by atoms with van der Waals surface area (Å²) in [5.41, 5.74) is 0. The van der Waals surface area contributed by atoms with E-state index in [-0.39, 0.29) is 17.6 Å². The van der Waals surface area contributed by atoms with Crippen molar-refractivity contribution in [3.63, 3.8) is 0 Å². The van der Waals surface area contributed by atoms with E-state index in [0.717, 1.165) is 13.1 Å². The Morgan fingerprint density at radius 3 is 2.81 bits per heavy atom. The minimum atomic E-state index is -3.47. The van der Waals surface area contributed by atoms with Crippen LogP contribution in [0.2, 0.25) is 0 Å². The van der Waals surface area contributed by atoms with Crippen LogP contribution in [0.4, 0.5) is 0 Å². The SMILES string of the molecule is CCNCCN1CC(CS(N)(=O)=O)CC1=O. The number of carbonyl (C=O) groups is 1. The maximum atomic E-state index is 11.5. The van der Waals surface area contributed by atoms with Crippen molar-refractivity contribution < 1.29 is 13.2 Å². The van der Waals surface area contributed by atoms with E-state index in [9.17, 15) is 13.2 Å². The van der Waals surface area contributed by atoms with Gasteiger partial charge in [-0.05, 0) is 6.54 Å². The highest BCUT2D eigenvalue weighted by Gasteiger charge is 2.31. The number of nitrogens with two attached hydrogens (primary N) is 1. The first-order chi connectivity index (χ1) is 7.42. The Morgan fingerprint density at radius 2 is 2.25 bits per heavy atom. The normalized spacial score (nSPS) is 21.8. The van der Waals surface area contributed by atoms with E-state index in [4.69, 9.17) is 5.14 Å². The molecule has 1 aliphatic heterocycles. The average molecular weight is 249 g/mol. The summed E-state index contributed by atoms with van der Waals surface area (Å²) in [6, 6.07) is 0. The summed E-state index contributed by atoms with van der Waals surface area (Å²) in [7, 11) is -3.47. The van der Waals surface area contributed by atoms with Crippen molar-refractivity contribution in [2.75, 3.05) is 31.9 Å². The molecule has 6 nitrogen and oxygen atoms in total. The van der Waals surface area contributed by atoms with E-state index in [2.05, 4.69) is 5.32 Å². The third-order valence-corrected chi connectivity index (χ3v) is 3.51. The predicted molar refractivity (Wildman–Crippen MR) is 61.2 cm³/mol. The molecule has 1 rings (SSSR count). The van der Waals surface area contributed by atoms with Crippen LogP contribution in [0, 0.1) is 5.92 Å². The van der Waals surface area contributed by atoms with E-state index in [1.54, 1.807) is 4.90 Å². The Labute approximate surface area is 96.2 Å². The second kappa shape index (κ2) is 5.60. The van der Waals surface area contributed by atoms with Crippen LogP contribution in [-0.2, 0) is 14.8 Å². The minimum absolute atomic E-state index is 0.0200. The number of likely N-dealkylation sites (N-methyl/N-ethyl adjacent to an activating group) is 1. The van der Waals surface area contributed by atoms with Gasteiger partial charge in [-0.2, -0.15) is 0 Å². The van der Waals surface area contributed by atoms with E-state index in [1.807, 2.05) is 6.92 Å². The number of hydrogen-bond acceptors (Lipinski definition) is 4. The van der Waals surface area contributed by atoms with Crippen LogP contribution in [0.15, 0.2) is 0 Å². The molecule has 94 valence electrons. The lowest BCUT2D eigenvalue weighted by molar-refractivity contribution is -0.127. The lowest BCUT2D eigenvalue weighted by Gasteiger charge is -2.16. The highest BCUT2D eigenvalue weighted by atomic mass is 32.2. The number of hydrogen-bond donors (Lipinski definition) is 2. The third-order valence-electron chi connectivity index (χ3n) is 2.57. The molecule has 3 N–H and O–H groups in total. The van der Waals surface area contributed by atoms with E-state index < -0.39 is 10.0 Å². The Balaban J connectivity index is 2.38. The van der Waals surface area contributed by atoms with Crippen molar-refractivity contribution in [3.8, 4) is 0 Å². The molecule has 1 saturated heterocycles. The molecule has 1 unspecified atom stereocenters. The molecule has 1 heterocycles. The Bertz CT molecular complexity index is 342. The summed E-state index contributed by atoms with van der Waals surface area (Å²) in [6.45, 7) is 4.73. The number of primary sulfonamides is 1. The Hall–Kier alpha value is -0.660. The number of carbonyl (C=O) groups excluding carboxylic acids is 1. The van der Waals surface area contributed by atoms with Gasteiger partial charge in [-0.1, -0.05) is 6.92 Å². The first-order valence-corrected chi connectivity index (χ1v) is 7.13. The summed E-state index contributed by atoms with van der Waals surface area (Å²) in [4.78, 5) is 13.2. The average Bonchev–Trinajstić information content (AvgIpc) is 2.44. The maximum Gasteiger partial charge on any atom is 0.223 e. The van der Waals surface area contributed by atoms with Crippen molar-refractivity contribution in [1.29, 1.82) is 0 Å². The fourth-order valence-electron chi connectivity index (χ4n) is 1.90. The van der Waals surface area contributed by atoms with Gasteiger partial charge in [-0.25, -0.2) is 13.6 Å². The molecular weight excluding hydrogens is 230 g/mol. The van der Waals surface area contributed by atoms with Crippen LogP contribution >= 0.6 is 0 Å². The monoisotopic (exact) mass is 249 g/mol. The smallest absolute Gasteiger partial charge is 0.223 e. The second-order valence-corrected chi connectivity index (χ2v) is 5.75. The van der Waals surface area contributed by atoms with Gasteiger partial charge >= 0.3 is 0 Å². The fraction of sp³-hybridized carbons (Fsp3) is 0.889. The lowest BCUT2D eigenvalue weighted by Crippen LogP contribution is -2.33. The summed E-state index contributed by atoms with van der Waals surface area (Å²) in [6.07, 6.45) is 0.294. The minimum Gasteiger partial charge on any atom is -0.341 e. The molecule has 0 aliphatic carbocycles. The van der Waals surface area contributed by atoms with Crippen molar-refractivity contribution >= 4 is 15.9 Å². The molecule has 1 fully saturated rings. The number of sulfonamides is 1. The van der Waals surface area contributed by atoms with Crippen LogP contribution in [0.5, 0.6) is 0 Å². The maximum absolute atomic E-state index is 11.5. The predicted octanol–water partition coefficient (Wildman–Crippen LogP) is -1.27. The zero-order valence-electron chi connectivity index (χ0n) is 9.48. The molecule has 0 spiro atoms. The molecule has 0 saturated carbocycles. The lowest BCUT2D eigenvalue weighted by atomic mass is 10.1. The molecule has 0 bridgehead atoms. The van der Waals surface area contributed by atoms with Crippen molar-refractivity contribution in [2.45, 2.75) is 13.3 Å². The molecule has 7 heteroatoms. The molecule has 0 aromatic rings. The fourth-order valence-corrected chi connectivity index (χ4v) is 2.78. The van der Waals surface area contributed by atoms with E-state index in [0.29, 0.717) is 19.5 Å². The van der Waals surface area contributed by atoms with Gasteiger partial charge in [0.25, 0.3) is 0 Å². The first-order valence-electron chi connectivity index (χ1n) is 5.41. The van der Waals surface area contributed by atoms with Gasteiger partial charge in [0.05, 0.1) is 5.75 Å². The van der Waals surface area contributed by atoms with Crippen LogP contribution in [0.25, 0.3) is 0 Å². The van der Waals surface area contributed by atoms with Gasteiger partial charge in [0.1, 0.15) is 0 Å². The van der Waals surface area contributed by atoms with Gasteiger partial charge in [0.2, 0.25) is 15.9 Å². The number of likely N-dealkylation sites (tertiary alicyclic amines) is 1. The molecule has 16 heavy (non-hydrogen) atoms. The number of nitrogens with one attached hydrogen (secondary N) is 1. The molecule has 1 atom stereocenters. The van der Waals surface area contributed by atoms with E-state index >= 15 is 0 Å². The number of rotatable bonds is 6. The van der Waals surface area contributed by atoms with Gasteiger partial charge in [0, 0.05) is 32.0 Å². The van der Waals surface area contributed by atoms with Crippen LogP contribution in [0.1, 0.15) is 13.3 Å². The zero-order valence-corrected chi connectivity index (χ0v) is 10.3. The molecular formula is C9H19N3O3S. The number of amides is 1. The molecule has 1 amide bonds. The van der Waals surface area contributed by atoms with Gasteiger partial charge in [-0.3, -0.25) is 4.79 Å². The number of nitrogens with zero attached hydrogens (tertiary/aromatic N) is 1. The Morgan fingerprint density at radius 1 is 1.56 bits per heavy atom. The van der Waals surface area contributed by atoms with Crippen LogP contribution in [-0.4, -0.2) is 51.2 Å². The van der Waals surface area contributed by atoms with Gasteiger partial charge in [-0.15, -0.1) is 0 Å². The standard InChI is InChI=1S/C9H19N3O3S/c1-2-11-3-4-12-6-8(5-9(12)13)7-16(10,14)15/h8,11H,2-7H2,1H3,(H2,10,14,15). The molecule has 0 aromatic heterocycles. The molecule has 0 aromatic carbocycles.